The van der Waals surface area contributed by atoms with E-state index in [2.05, 4.69) is 15.9 Å². The maximum absolute atomic E-state index is 13.6. The van der Waals surface area contributed by atoms with Gasteiger partial charge in [0, 0.05) is 10.9 Å². The van der Waals surface area contributed by atoms with E-state index < -0.39 is 41.4 Å². The smallest absolute Gasteiger partial charge is 0.133 e. The molecule has 0 amide bonds. The van der Waals surface area contributed by atoms with Gasteiger partial charge in [0.15, 0.2) is 0 Å². The maximum atomic E-state index is 13.6. The van der Waals surface area contributed by atoms with Crippen molar-refractivity contribution in [2.75, 3.05) is 0 Å². The molecule has 0 fully saturated rings. The van der Waals surface area contributed by atoms with Gasteiger partial charge in [-0.25, -0.2) is 17.6 Å². The molecule has 106 valence electrons. The molecule has 0 bridgehead atoms. The molecule has 0 aliphatic rings. The average molecular weight is 349 g/mol. The number of aliphatic hydroxyl groups is 1. The molecular weight excluding hydrogens is 340 g/mol. The van der Waals surface area contributed by atoms with Crippen LogP contribution in [0.25, 0.3) is 0 Å². The van der Waals surface area contributed by atoms with Crippen molar-refractivity contribution in [2.45, 2.75) is 12.5 Å². The fraction of sp³-hybridized carbons (Fsp3) is 0.143. The largest absolute Gasteiger partial charge is 0.388 e. The summed E-state index contributed by atoms with van der Waals surface area (Å²) >= 11 is 2.91. The zero-order valence-electron chi connectivity index (χ0n) is 10.0. The number of hydrogen-bond donors (Lipinski definition) is 1. The molecule has 1 N–H and O–H groups in total. The quantitative estimate of drug-likeness (QED) is 0.820. The van der Waals surface area contributed by atoms with E-state index in [1.54, 1.807) is 0 Å². The second-order valence-electron chi connectivity index (χ2n) is 4.24. The third-order valence-corrected chi connectivity index (χ3v) is 3.26. The van der Waals surface area contributed by atoms with Crippen LogP contribution in [0, 0.1) is 23.3 Å². The van der Waals surface area contributed by atoms with Crippen LogP contribution in [0.4, 0.5) is 17.6 Å². The summed E-state index contributed by atoms with van der Waals surface area (Å²) in [5.74, 6) is -3.35. The first kappa shape index (κ1) is 15.0. The molecule has 0 heterocycles. The van der Waals surface area contributed by atoms with E-state index in [1.807, 2.05) is 0 Å². The fourth-order valence-corrected chi connectivity index (χ4v) is 2.28. The highest BCUT2D eigenvalue weighted by atomic mass is 79.9. The lowest BCUT2D eigenvalue weighted by molar-refractivity contribution is 0.167. The Hall–Kier alpha value is -1.40. The first-order valence-electron chi connectivity index (χ1n) is 5.65. The summed E-state index contributed by atoms with van der Waals surface area (Å²) in [6.07, 6.45) is -2.04. The van der Waals surface area contributed by atoms with Crippen molar-refractivity contribution >= 4 is 15.9 Å². The maximum Gasteiger partial charge on any atom is 0.133 e. The molecule has 2 aromatic carbocycles. The number of halogens is 5. The summed E-state index contributed by atoms with van der Waals surface area (Å²) in [4.78, 5) is 0. The summed E-state index contributed by atoms with van der Waals surface area (Å²) in [5, 5.41) is 9.86. The van der Waals surface area contributed by atoms with Crippen molar-refractivity contribution in [3.63, 3.8) is 0 Å². The van der Waals surface area contributed by atoms with Gasteiger partial charge in [0.05, 0.1) is 11.7 Å². The third kappa shape index (κ3) is 3.19. The van der Waals surface area contributed by atoms with Gasteiger partial charge in [-0.05, 0) is 35.9 Å². The molecule has 1 atom stereocenters. The zero-order chi connectivity index (χ0) is 14.9. The molecule has 0 aliphatic heterocycles. The van der Waals surface area contributed by atoms with Crippen molar-refractivity contribution in [3.8, 4) is 0 Å². The Morgan fingerprint density at radius 2 is 1.55 bits per heavy atom. The Kier molecular flexibility index (Phi) is 4.45. The number of aliphatic hydroxyl groups excluding tert-OH is 1. The lowest BCUT2D eigenvalue weighted by Gasteiger charge is -2.14. The van der Waals surface area contributed by atoms with Crippen LogP contribution in [-0.4, -0.2) is 5.11 Å². The molecule has 0 spiro atoms. The summed E-state index contributed by atoms with van der Waals surface area (Å²) in [7, 11) is 0. The Morgan fingerprint density at radius 3 is 2.15 bits per heavy atom. The van der Waals surface area contributed by atoms with Crippen molar-refractivity contribution in [1.82, 2.24) is 0 Å². The molecule has 1 unspecified atom stereocenters. The molecule has 6 heteroatoms. The van der Waals surface area contributed by atoms with Crippen LogP contribution in [0.1, 0.15) is 17.2 Å². The minimum absolute atomic E-state index is 0.154. The minimum Gasteiger partial charge on any atom is -0.388 e. The van der Waals surface area contributed by atoms with E-state index in [4.69, 9.17) is 0 Å². The van der Waals surface area contributed by atoms with E-state index in [9.17, 15) is 22.7 Å². The third-order valence-electron chi connectivity index (χ3n) is 2.80. The number of benzene rings is 2. The Balaban J connectivity index is 2.33. The van der Waals surface area contributed by atoms with Crippen molar-refractivity contribution in [1.29, 1.82) is 0 Å². The van der Waals surface area contributed by atoms with Gasteiger partial charge in [-0.3, -0.25) is 0 Å². The molecule has 0 aliphatic carbocycles. The Labute approximate surface area is 121 Å². The van der Waals surface area contributed by atoms with Crippen molar-refractivity contribution < 1.29 is 22.7 Å². The van der Waals surface area contributed by atoms with Crippen LogP contribution in [0.15, 0.2) is 34.8 Å². The van der Waals surface area contributed by atoms with E-state index in [1.165, 1.54) is 0 Å². The highest BCUT2D eigenvalue weighted by molar-refractivity contribution is 9.10. The first-order valence-corrected chi connectivity index (χ1v) is 6.44. The van der Waals surface area contributed by atoms with Crippen LogP contribution in [0.5, 0.6) is 0 Å². The van der Waals surface area contributed by atoms with Gasteiger partial charge in [0.2, 0.25) is 0 Å². The van der Waals surface area contributed by atoms with Gasteiger partial charge >= 0.3 is 0 Å². The van der Waals surface area contributed by atoms with Crippen LogP contribution < -0.4 is 0 Å². The Morgan fingerprint density at radius 1 is 0.950 bits per heavy atom. The van der Waals surface area contributed by atoms with Gasteiger partial charge in [0.25, 0.3) is 0 Å². The summed E-state index contributed by atoms with van der Waals surface area (Å²) in [6, 6.07) is 4.68. The van der Waals surface area contributed by atoms with Gasteiger partial charge < -0.3 is 5.11 Å². The lowest BCUT2D eigenvalue weighted by atomic mass is 10.00. The molecule has 0 saturated heterocycles. The zero-order valence-corrected chi connectivity index (χ0v) is 11.6. The molecule has 1 nitrogen and oxygen atoms in total. The van der Waals surface area contributed by atoms with Crippen LogP contribution in [0.2, 0.25) is 0 Å². The van der Waals surface area contributed by atoms with Gasteiger partial charge in [-0.1, -0.05) is 15.9 Å². The van der Waals surface area contributed by atoms with Crippen molar-refractivity contribution in [3.05, 3.63) is 69.2 Å². The van der Waals surface area contributed by atoms with Crippen LogP contribution in [0.3, 0.4) is 0 Å². The minimum atomic E-state index is -1.61. The van der Waals surface area contributed by atoms with Gasteiger partial charge in [-0.2, -0.15) is 0 Å². The standard InChI is InChI=1S/C14H9BrF4O/c15-8-5-11(18)14(12(19)6-8)13(20)4-7-3-9(16)1-2-10(7)17/h1-3,5-6,13,20H,4H2. The van der Waals surface area contributed by atoms with E-state index in [0.717, 1.165) is 30.3 Å². The molecular formula is C14H9BrF4O. The van der Waals surface area contributed by atoms with E-state index >= 15 is 0 Å². The molecule has 20 heavy (non-hydrogen) atoms. The second-order valence-corrected chi connectivity index (χ2v) is 5.15. The molecule has 0 radical (unpaired) electrons. The SMILES string of the molecule is OC(Cc1cc(F)ccc1F)c1c(F)cc(Br)cc1F. The topological polar surface area (TPSA) is 20.2 Å². The van der Waals surface area contributed by atoms with E-state index in [-0.39, 0.29) is 10.0 Å². The normalized spacial score (nSPS) is 12.5. The number of hydrogen-bond acceptors (Lipinski definition) is 1. The van der Waals surface area contributed by atoms with Crippen molar-refractivity contribution in [2.24, 2.45) is 0 Å². The van der Waals surface area contributed by atoms with Gasteiger partial charge in [-0.15, -0.1) is 0 Å². The molecule has 0 saturated carbocycles. The van der Waals surface area contributed by atoms with E-state index in [0.29, 0.717) is 0 Å². The molecule has 2 aromatic rings. The summed E-state index contributed by atoms with van der Waals surface area (Å²) in [5.41, 5.74) is -0.726. The Bertz CT molecular complexity index is 622. The monoisotopic (exact) mass is 348 g/mol. The summed E-state index contributed by atoms with van der Waals surface area (Å²) < 4.78 is 53.9. The highest BCUT2D eigenvalue weighted by Crippen LogP contribution is 2.28. The second kappa shape index (κ2) is 5.93. The predicted octanol–water partition coefficient (Wildman–Crippen LogP) is 4.28. The molecule has 2 rings (SSSR count). The number of rotatable bonds is 3. The predicted molar refractivity (Wildman–Crippen MR) is 69.1 cm³/mol. The van der Waals surface area contributed by atoms with Crippen LogP contribution in [-0.2, 0) is 6.42 Å². The van der Waals surface area contributed by atoms with Gasteiger partial charge in [0.1, 0.15) is 23.3 Å². The fourth-order valence-electron chi connectivity index (χ4n) is 1.88. The average Bonchev–Trinajstić information content (AvgIpc) is 2.32. The summed E-state index contributed by atoms with van der Waals surface area (Å²) in [6.45, 7) is 0. The first-order chi connectivity index (χ1) is 9.38. The van der Waals surface area contributed by atoms with Crippen LogP contribution >= 0.6 is 15.9 Å². The lowest BCUT2D eigenvalue weighted by Crippen LogP contribution is -2.09. The highest BCUT2D eigenvalue weighted by Gasteiger charge is 2.20. The molecule has 0 aromatic heterocycles.